The van der Waals surface area contributed by atoms with Crippen LogP contribution in [0.1, 0.15) is 0 Å². The molecular formula is C36H23N3. The lowest BCUT2D eigenvalue weighted by Gasteiger charge is -2.13. The van der Waals surface area contributed by atoms with E-state index in [0.29, 0.717) is 0 Å². The molecule has 0 fully saturated rings. The molecule has 0 atom stereocenters. The molecule has 2 aromatic heterocycles. The minimum Gasteiger partial charge on any atom is -0.292 e. The summed E-state index contributed by atoms with van der Waals surface area (Å²) in [7, 11) is 0. The van der Waals surface area contributed by atoms with Crippen molar-refractivity contribution in [3.63, 3.8) is 0 Å². The first-order chi connectivity index (χ1) is 19.3. The zero-order valence-corrected chi connectivity index (χ0v) is 21.1. The fourth-order valence-electron chi connectivity index (χ4n) is 5.80. The topological polar surface area (TPSA) is 30.7 Å². The van der Waals surface area contributed by atoms with Crippen LogP contribution in [-0.2, 0) is 0 Å². The van der Waals surface area contributed by atoms with Crippen LogP contribution in [0.5, 0.6) is 0 Å². The van der Waals surface area contributed by atoms with E-state index in [1.54, 1.807) is 0 Å². The van der Waals surface area contributed by atoms with Crippen LogP contribution >= 0.6 is 0 Å². The van der Waals surface area contributed by atoms with Gasteiger partial charge >= 0.3 is 0 Å². The third-order valence-electron chi connectivity index (χ3n) is 7.69. The summed E-state index contributed by atoms with van der Waals surface area (Å²) in [5, 5.41) is 16.8. The Labute approximate surface area is 225 Å². The molecule has 3 heteroatoms. The third kappa shape index (κ3) is 3.44. The second kappa shape index (κ2) is 8.64. The first kappa shape index (κ1) is 21.8. The molecule has 39 heavy (non-hydrogen) atoms. The molecule has 0 N–H and O–H groups in total. The first-order valence-corrected chi connectivity index (χ1v) is 13.2. The summed E-state index contributed by atoms with van der Waals surface area (Å²) < 4.78 is 2.27. The van der Waals surface area contributed by atoms with Gasteiger partial charge in [-0.15, -0.1) is 10.2 Å². The highest BCUT2D eigenvalue weighted by Gasteiger charge is 2.18. The maximum absolute atomic E-state index is 4.90. The van der Waals surface area contributed by atoms with Crippen LogP contribution in [-0.4, -0.2) is 14.8 Å². The van der Waals surface area contributed by atoms with E-state index < -0.39 is 0 Å². The maximum atomic E-state index is 4.90. The Balaban J connectivity index is 1.36. The summed E-state index contributed by atoms with van der Waals surface area (Å²) in [5.74, 6) is 0.844. The van der Waals surface area contributed by atoms with Crippen LogP contribution in [0.4, 0.5) is 0 Å². The van der Waals surface area contributed by atoms with E-state index in [1.165, 1.54) is 32.7 Å². The Bertz CT molecular complexity index is 2160. The van der Waals surface area contributed by atoms with Crippen LogP contribution in [0.2, 0.25) is 0 Å². The van der Waals surface area contributed by atoms with Crippen molar-refractivity contribution in [2.24, 2.45) is 0 Å². The second-order valence-electron chi connectivity index (χ2n) is 9.93. The van der Waals surface area contributed by atoms with Crippen molar-refractivity contribution >= 4 is 43.4 Å². The number of hydrogen-bond donors (Lipinski definition) is 0. The zero-order valence-electron chi connectivity index (χ0n) is 21.1. The van der Waals surface area contributed by atoms with E-state index in [2.05, 4.69) is 138 Å². The lowest BCUT2D eigenvalue weighted by Crippen LogP contribution is -2.02. The van der Waals surface area contributed by atoms with E-state index in [0.717, 1.165) is 38.9 Å². The van der Waals surface area contributed by atoms with Crippen molar-refractivity contribution in [2.75, 3.05) is 0 Å². The summed E-state index contributed by atoms with van der Waals surface area (Å²) >= 11 is 0. The van der Waals surface area contributed by atoms with Crippen molar-refractivity contribution < 1.29 is 0 Å². The summed E-state index contributed by atoms with van der Waals surface area (Å²) in [6.07, 6.45) is 0. The first-order valence-electron chi connectivity index (χ1n) is 13.2. The van der Waals surface area contributed by atoms with E-state index >= 15 is 0 Å². The second-order valence-corrected chi connectivity index (χ2v) is 9.93. The molecule has 0 radical (unpaired) electrons. The molecule has 0 unspecified atom stereocenters. The molecule has 0 bridgehead atoms. The van der Waals surface area contributed by atoms with Gasteiger partial charge in [0.2, 0.25) is 0 Å². The highest BCUT2D eigenvalue weighted by molar-refractivity contribution is 6.14. The van der Waals surface area contributed by atoms with Gasteiger partial charge in [0.25, 0.3) is 0 Å². The fourth-order valence-corrected chi connectivity index (χ4v) is 5.80. The van der Waals surface area contributed by atoms with Gasteiger partial charge in [-0.2, -0.15) is 0 Å². The molecule has 0 saturated carbocycles. The van der Waals surface area contributed by atoms with Crippen LogP contribution in [0.3, 0.4) is 0 Å². The molecule has 3 nitrogen and oxygen atoms in total. The third-order valence-corrected chi connectivity index (χ3v) is 7.69. The molecule has 0 aliphatic carbocycles. The standard InChI is InChI=1S/C36H23N3/c1-2-10-24(11-3-1)25-18-20-26(21-19-25)35-30-15-6-7-16-31(30)36(38-37-35)39-33-17-9-8-14-29(33)32-22-27-12-4-5-13-28(27)23-34(32)39/h1-23H. The molecule has 8 aromatic rings. The average Bonchev–Trinajstić information content (AvgIpc) is 3.33. The predicted octanol–water partition coefficient (Wildman–Crippen LogP) is 9.21. The molecule has 8 rings (SSSR count). The average molecular weight is 498 g/mol. The number of nitrogens with zero attached hydrogens (tertiary/aromatic N) is 3. The van der Waals surface area contributed by atoms with Crippen molar-refractivity contribution in [3.05, 3.63) is 140 Å². The molecule has 2 heterocycles. The largest absolute Gasteiger partial charge is 0.292 e. The number of hydrogen-bond acceptors (Lipinski definition) is 2. The fraction of sp³-hybridized carbons (Fsp3) is 0. The lowest BCUT2D eigenvalue weighted by atomic mass is 10.0. The number of fused-ring (bicyclic) bond motifs is 5. The van der Waals surface area contributed by atoms with Gasteiger partial charge in [0, 0.05) is 27.1 Å². The zero-order chi connectivity index (χ0) is 25.8. The van der Waals surface area contributed by atoms with E-state index in [-0.39, 0.29) is 0 Å². The summed E-state index contributed by atoms with van der Waals surface area (Å²) in [5.41, 5.74) is 6.59. The Morgan fingerprint density at radius 1 is 0.385 bits per heavy atom. The Hall–Kier alpha value is -5.28. The molecule has 0 saturated heterocycles. The smallest absolute Gasteiger partial charge is 0.168 e. The van der Waals surface area contributed by atoms with Crippen LogP contribution < -0.4 is 0 Å². The van der Waals surface area contributed by atoms with Gasteiger partial charge in [-0.25, -0.2) is 0 Å². The minimum absolute atomic E-state index is 0.844. The van der Waals surface area contributed by atoms with Gasteiger partial charge in [0.15, 0.2) is 5.82 Å². The van der Waals surface area contributed by atoms with Gasteiger partial charge in [-0.3, -0.25) is 4.57 Å². The van der Waals surface area contributed by atoms with E-state index in [1.807, 2.05) is 6.07 Å². The SMILES string of the molecule is c1ccc(-c2ccc(-c3nnc(-n4c5ccccc5c5cc6ccccc6cc54)c4ccccc34)cc2)cc1. The number of para-hydroxylation sites is 1. The summed E-state index contributed by atoms with van der Waals surface area (Å²) in [6.45, 7) is 0. The van der Waals surface area contributed by atoms with Crippen molar-refractivity contribution in [2.45, 2.75) is 0 Å². The minimum atomic E-state index is 0.844. The van der Waals surface area contributed by atoms with Crippen LogP contribution in [0, 0.1) is 0 Å². The summed E-state index contributed by atoms with van der Waals surface area (Å²) in [4.78, 5) is 0. The lowest BCUT2D eigenvalue weighted by molar-refractivity contribution is 0.977. The Morgan fingerprint density at radius 2 is 0.974 bits per heavy atom. The highest BCUT2D eigenvalue weighted by atomic mass is 15.2. The maximum Gasteiger partial charge on any atom is 0.168 e. The Kier molecular flexibility index (Phi) is 4.82. The molecule has 0 aliphatic rings. The van der Waals surface area contributed by atoms with Crippen LogP contribution in [0.15, 0.2) is 140 Å². The number of aromatic nitrogens is 3. The van der Waals surface area contributed by atoms with E-state index in [9.17, 15) is 0 Å². The van der Waals surface area contributed by atoms with Gasteiger partial charge in [-0.1, -0.05) is 121 Å². The van der Waals surface area contributed by atoms with Gasteiger partial charge < -0.3 is 0 Å². The van der Waals surface area contributed by atoms with Gasteiger partial charge in [-0.05, 0) is 40.1 Å². The monoisotopic (exact) mass is 497 g/mol. The van der Waals surface area contributed by atoms with Crippen molar-refractivity contribution in [1.29, 1.82) is 0 Å². The molecule has 0 spiro atoms. The predicted molar refractivity (Wildman–Crippen MR) is 162 cm³/mol. The molecular weight excluding hydrogens is 474 g/mol. The molecule has 182 valence electrons. The quantitative estimate of drug-likeness (QED) is 0.244. The molecule has 0 aliphatic heterocycles. The molecule has 6 aromatic carbocycles. The van der Waals surface area contributed by atoms with Crippen LogP contribution in [0.25, 0.3) is 71.6 Å². The highest BCUT2D eigenvalue weighted by Crippen LogP contribution is 2.37. The van der Waals surface area contributed by atoms with Crippen molar-refractivity contribution in [1.82, 2.24) is 14.8 Å². The Morgan fingerprint density at radius 3 is 1.77 bits per heavy atom. The van der Waals surface area contributed by atoms with Crippen molar-refractivity contribution in [3.8, 4) is 28.2 Å². The summed E-state index contributed by atoms with van der Waals surface area (Å²) in [6, 6.07) is 49.2. The number of rotatable bonds is 3. The number of benzene rings is 6. The van der Waals surface area contributed by atoms with Gasteiger partial charge in [0.05, 0.1) is 11.0 Å². The van der Waals surface area contributed by atoms with E-state index in [4.69, 9.17) is 10.2 Å². The van der Waals surface area contributed by atoms with Gasteiger partial charge in [0.1, 0.15) is 5.69 Å². The molecule has 0 amide bonds. The normalized spacial score (nSPS) is 11.6.